The molecule has 0 bridgehead atoms. The Labute approximate surface area is 108 Å². The molecule has 1 rings (SSSR count). The van der Waals surface area contributed by atoms with E-state index in [0.717, 1.165) is 12.2 Å². The molecule has 0 saturated carbocycles. The fraction of sp³-hybridized carbons (Fsp3) is 0.462. The molecule has 1 aromatic rings. The van der Waals surface area contributed by atoms with E-state index in [2.05, 4.69) is 55.5 Å². The van der Waals surface area contributed by atoms with E-state index in [1.807, 2.05) is 0 Å². The number of hydrogen-bond donors (Lipinski definition) is 2. The monoisotopic (exact) mass is 251 g/mol. The van der Waals surface area contributed by atoms with Crippen molar-refractivity contribution in [3.8, 4) is 0 Å². The van der Waals surface area contributed by atoms with Crippen LogP contribution < -0.4 is 11.1 Å². The number of nitrogens with two attached hydrogens (primary N) is 1. The molecule has 0 aliphatic carbocycles. The zero-order valence-electron chi connectivity index (χ0n) is 10.9. The number of thioether (sulfide) groups is 1. The van der Waals surface area contributed by atoms with Gasteiger partial charge in [-0.15, -0.1) is 0 Å². The summed E-state index contributed by atoms with van der Waals surface area (Å²) in [6.07, 6.45) is 2.08. The smallest absolute Gasteiger partial charge is 0.193 e. The van der Waals surface area contributed by atoms with Gasteiger partial charge in [0.15, 0.2) is 5.96 Å². The van der Waals surface area contributed by atoms with Gasteiger partial charge >= 0.3 is 0 Å². The highest BCUT2D eigenvalue weighted by Crippen LogP contribution is 2.13. The summed E-state index contributed by atoms with van der Waals surface area (Å²) in [6.45, 7) is 7.02. The standard InChI is InChI=1S/C13H21N3S/c1-9-5-10(2)7-12(6-9)16-13(14)15-8-11(3)17-4/h5-7,11H,8H2,1-4H3,(H3,14,15,16). The third-order valence-corrected chi connectivity index (χ3v) is 3.37. The zero-order chi connectivity index (χ0) is 12.8. The highest BCUT2D eigenvalue weighted by Gasteiger charge is 2.00. The maximum Gasteiger partial charge on any atom is 0.193 e. The molecule has 0 radical (unpaired) electrons. The van der Waals surface area contributed by atoms with Crippen molar-refractivity contribution >= 4 is 23.4 Å². The molecule has 0 fully saturated rings. The second-order valence-electron chi connectivity index (χ2n) is 4.27. The number of anilines is 1. The summed E-state index contributed by atoms with van der Waals surface area (Å²) in [5.74, 6) is 0.482. The molecule has 0 heterocycles. The predicted octanol–water partition coefficient (Wildman–Crippen LogP) is 2.78. The van der Waals surface area contributed by atoms with Crippen LogP contribution in [-0.2, 0) is 0 Å². The van der Waals surface area contributed by atoms with Crippen LogP contribution in [0.3, 0.4) is 0 Å². The Morgan fingerprint density at radius 2 is 1.94 bits per heavy atom. The van der Waals surface area contributed by atoms with E-state index in [1.54, 1.807) is 11.8 Å². The van der Waals surface area contributed by atoms with Crippen molar-refractivity contribution in [3.05, 3.63) is 29.3 Å². The van der Waals surface area contributed by atoms with Crippen LogP contribution in [0.1, 0.15) is 18.1 Å². The van der Waals surface area contributed by atoms with E-state index in [9.17, 15) is 0 Å². The maximum absolute atomic E-state index is 5.84. The predicted molar refractivity (Wildman–Crippen MR) is 79.0 cm³/mol. The van der Waals surface area contributed by atoms with Gasteiger partial charge in [-0.1, -0.05) is 13.0 Å². The maximum atomic E-state index is 5.84. The highest BCUT2D eigenvalue weighted by molar-refractivity contribution is 7.99. The molecule has 1 atom stereocenters. The molecule has 1 aromatic carbocycles. The van der Waals surface area contributed by atoms with E-state index in [1.165, 1.54) is 11.1 Å². The molecule has 3 nitrogen and oxygen atoms in total. The highest BCUT2D eigenvalue weighted by atomic mass is 32.2. The Morgan fingerprint density at radius 1 is 1.35 bits per heavy atom. The molecule has 0 aliphatic rings. The number of rotatable bonds is 4. The Bertz CT molecular complexity index is 381. The van der Waals surface area contributed by atoms with Gasteiger partial charge < -0.3 is 11.1 Å². The van der Waals surface area contributed by atoms with Crippen molar-refractivity contribution < 1.29 is 0 Å². The van der Waals surface area contributed by atoms with Gasteiger partial charge in [-0.25, -0.2) is 0 Å². The van der Waals surface area contributed by atoms with E-state index in [-0.39, 0.29) is 0 Å². The summed E-state index contributed by atoms with van der Waals surface area (Å²) in [4.78, 5) is 4.31. The summed E-state index contributed by atoms with van der Waals surface area (Å²) in [6, 6.07) is 6.26. The zero-order valence-corrected chi connectivity index (χ0v) is 11.8. The summed E-state index contributed by atoms with van der Waals surface area (Å²) >= 11 is 1.79. The van der Waals surface area contributed by atoms with Crippen molar-refractivity contribution in [1.29, 1.82) is 0 Å². The van der Waals surface area contributed by atoms with Crippen LogP contribution in [0.15, 0.2) is 23.2 Å². The first-order chi connectivity index (χ1) is 8.01. The van der Waals surface area contributed by atoms with Crippen molar-refractivity contribution in [2.75, 3.05) is 18.1 Å². The molecule has 4 heteroatoms. The average Bonchev–Trinajstić information content (AvgIpc) is 2.24. The summed E-state index contributed by atoms with van der Waals surface area (Å²) in [7, 11) is 0. The minimum Gasteiger partial charge on any atom is -0.370 e. The van der Waals surface area contributed by atoms with Gasteiger partial charge in [-0.05, 0) is 43.4 Å². The molecule has 0 aromatic heterocycles. The molecule has 0 spiro atoms. The molecular formula is C13H21N3S. The number of benzene rings is 1. The minimum absolute atomic E-state index is 0.482. The normalized spacial score (nSPS) is 13.5. The van der Waals surface area contributed by atoms with E-state index >= 15 is 0 Å². The second-order valence-corrected chi connectivity index (χ2v) is 5.55. The third-order valence-electron chi connectivity index (χ3n) is 2.42. The lowest BCUT2D eigenvalue weighted by molar-refractivity contribution is 0.951. The second kappa shape index (κ2) is 6.55. The minimum atomic E-state index is 0.482. The Kier molecular flexibility index (Phi) is 5.35. The SMILES string of the molecule is CSC(C)CN=C(N)Nc1cc(C)cc(C)c1. The Hall–Kier alpha value is -1.16. The quantitative estimate of drug-likeness (QED) is 0.639. The molecule has 3 N–H and O–H groups in total. The van der Waals surface area contributed by atoms with Crippen molar-refractivity contribution in [2.45, 2.75) is 26.0 Å². The largest absolute Gasteiger partial charge is 0.370 e. The number of hydrogen-bond acceptors (Lipinski definition) is 2. The molecule has 94 valence electrons. The molecule has 0 aliphatic heterocycles. The van der Waals surface area contributed by atoms with E-state index in [4.69, 9.17) is 5.73 Å². The number of nitrogens with zero attached hydrogens (tertiary/aromatic N) is 1. The van der Waals surface area contributed by atoms with Gasteiger partial charge in [0, 0.05) is 10.9 Å². The number of aliphatic imine (C=N–C) groups is 1. The number of nitrogens with one attached hydrogen (secondary N) is 1. The van der Waals surface area contributed by atoms with Crippen LogP contribution in [-0.4, -0.2) is 24.0 Å². The number of guanidine groups is 1. The van der Waals surface area contributed by atoms with Gasteiger partial charge in [-0.3, -0.25) is 4.99 Å². The van der Waals surface area contributed by atoms with Gasteiger partial charge in [0.2, 0.25) is 0 Å². The lowest BCUT2D eigenvalue weighted by atomic mass is 10.1. The molecule has 0 saturated heterocycles. The first-order valence-corrected chi connectivity index (χ1v) is 6.98. The topological polar surface area (TPSA) is 50.4 Å². The van der Waals surface area contributed by atoms with Gasteiger partial charge in [-0.2, -0.15) is 11.8 Å². The van der Waals surface area contributed by atoms with Crippen LogP contribution in [0.4, 0.5) is 5.69 Å². The summed E-state index contributed by atoms with van der Waals surface area (Å²) < 4.78 is 0. The summed E-state index contributed by atoms with van der Waals surface area (Å²) in [5, 5.41) is 3.62. The van der Waals surface area contributed by atoms with Gasteiger partial charge in [0.25, 0.3) is 0 Å². The van der Waals surface area contributed by atoms with Crippen molar-refractivity contribution in [1.82, 2.24) is 0 Å². The summed E-state index contributed by atoms with van der Waals surface area (Å²) in [5.41, 5.74) is 9.28. The molecule has 1 unspecified atom stereocenters. The van der Waals surface area contributed by atoms with Crippen LogP contribution in [0.5, 0.6) is 0 Å². The van der Waals surface area contributed by atoms with Crippen LogP contribution in [0.2, 0.25) is 0 Å². The van der Waals surface area contributed by atoms with Gasteiger partial charge in [0.05, 0.1) is 6.54 Å². The van der Waals surface area contributed by atoms with Crippen LogP contribution in [0.25, 0.3) is 0 Å². The number of aryl methyl sites for hydroxylation is 2. The van der Waals surface area contributed by atoms with Crippen LogP contribution >= 0.6 is 11.8 Å². The van der Waals surface area contributed by atoms with E-state index in [0.29, 0.717) is 11.2 Å². The fourth-order valence-corrected chi connectivity index (χ4v) is 1.76. The van der Waals surface area contributed by atoms with Crippen LogP contribution in [0, 0.1) is 13.8 Å². The first-order valence-electron chi connectivity index (χ1n) is 5.69. The average molecular weight is 251 g/mol. The Balaban J connectivity index is 2.64. The lowest BCUT2D eigenvalue weighted by Gasteiger charge is -2.09. The molecule has 0 amide bonds. The lowest BCUT2D eigenvalue weighted by Crippen LogP contribution is -2.24. The molecule has 17 heavy (non-hydrogen) atoms. The fourth-order valence-electron chi connectivity index (χ4n) is 1.54. The first kappa shape index (κ1) is 13.9. The van der Waals surface area contributed by atoms with Gasteiger partial charge in [0.1, 0.15) is 0 Å². The van der Waals surface area contributed by atoms with E-state index < -0.39 is 0 Å². The van der Waals surface area contributed by atoms with Crippen molar-refractivity contribution in [2.24, 2.45) is 10.7 Å². The Morgan fingerprint density at radius 3 is 2.47 bits per heavy atom. The van der Waals surface area contributed by atoms with Crippen molar-refractivity contribution in [3.63, 3.8) is 0 Å². The molecular weight excluding hydrogens is 230 g/mol. The third kappa shape index (κ3) is 5.13.